The Labute approximate surface area is 171 Å². The first kappa shape index (κ1) is 22.9. The van der Waals surface area contributed by atoms with Crippen LogP contribution in [-0.2, 0) is 24.3 Å². The first-order valence-electron chi connectivity index (χ1n) is 9.30. The van der Waals surface area contributed by atoms with Crippen molar-refractivity contribution in [2.24, 2.45) is 0 Å². The molecular weight excluding hydrogens is 398 g/mol. The summed E-state index contributed by atoms with van der Waals surface area (Å²) in [6.07, 6.45) is 0. The maximum absolute atomic E-state index is 12.8. The second-order valence-electron chi connectivity index (χ2n) is 6.49. The number of hydrogen-bond acceptors (Lipinski definition) is 7. The third-order valence-electron chi connectivity index (χ3n) is 4.77. The van der Waals surface area contributed by atoms with Crippen LogP contribution in [0.1, 0.15) is 19.4 Å². The smallest absolute Gasteiger partial charge is 0.337 e. The van der Waals surface area contributed by atoms with E-state index in [1.807, 2.05) is 0 Å². The van der Waals surface area contributed by atoms with E-state index in [-0.39, 0.29) is 35.9 Å². The van der Waals surface area contributed by atoms with Crippen molar-refractivity contribution in [2.75, 3.05) is 45.2 Å². The van der Waals surface area contributed by atoms with Crippen molar-refractivity contribution in [1.29, 1.82) is 0 Å². The first-order chi connectivity index (χ1) is 13.7. The first-order valence-corrected chi connectivity index (χ1v) is 10.7. The Hall–Kier alpha value is -2.43. The van der Waals surface area contributed by atoms with Crippen LogP contribution in [0, 0.1) is 6.92 Å². The molecule has 1 aromatic carbocycles. The van der Waals surface area contributed by atoms with Crippen molar-refractivity contribution in [2.45, 2.75) is 25.7 Å². The van der Waals surface area contributed by atoms with Gasteiger partial charge in [-0.25, -0.2) is 13.2 Å². The maximum Gasteiger partial charge on any atom is 0.337 e. The highest BCUT2D eigenvalue weighted by Gasteiger charge is 2.35. The summed E-state index contributed by atoms with van der Waals surface area (Å²) >= 11 is 0. The molecule has 0 aliphatic carbocycles. The van der Waals surface area contributed by atoms with Gasteiger partial charge in [0.15, 0.2) is 0 Å². The number of aliphatic hydroxyl groups is 1. The minimum Gasteiger partial charge on any atom is -0.466 e. The van der Waals surface area contributed by atoms with Gasteiger partial charge in [-0.15, -0.1) is 0 Å². The van der Waals surface area contributed by atoms with E-state index in [4.69, 9.17) is 9.84 Å². The Morgan fingerprint density at radius 3 is 2.52 bits per heavy atom. The highest BCUT2D eigenvalue weighted by Crippen LogP contribution is 2.27. The molecule has 0 aromatic heterocycles. The predicted molar refractivity (Wildman–Crippen MR) is 108 cm³/mol. The number of sulfonamides is 1. The Kier molecular flexibility index (Phi) is 7.39. The van der Waals surface area contributed by atoms with E-state index in [0.717, 1.165) is 0 Å². The number of esters is 1. The summed E-state index contributed by atoms with van der Waals surface area (Å²) in [6, 6.07) is 4.60. The average Bonchev–Trinajstić information content (AvgIpc) is 2.99. The van der Waals surface area contributed by atoms with Crippen LogP contribution in [0.2, 0.25) is 0 Å². The number of ether oxygens (including phenoxy) is 1. The number of amides is 1. The van der Waals surface area contributed by atoms with Gasteiger partial charge in [-0.1, -0.05) is 19.9 Å². The van der Waals surface area contributed by atoms with Gasteiger partial charge in [0.25, 0.3) is 5.91 Å². The zero-order valence-electron chi connectivity index (χ0n) is 17.1. The molecule has 0 unspecified atom stereocenters. The number of rotatable bonds is 9. The van der Waals surface area contributed by atoms with E-state index in [1.54, 1.807) is 26.8 Å². The number of aryl methyl sites for hydroxylation is 1. The fourth-order valence-corrected chi connectivity index (χ4v) is 4.58. The third kappa shape index (κ3) is 4.60. The maximum atomic E-state index is 12.8. The van der Waals surface area contributed by atoms with Crippen LogP contribution in [0.3, 0.4) is 0 Å². The Balaban J connectivity index is 2.47. The highest BCUT2D eigenvalue weighted by molar-refractivity contribution is 7.89. The van der Waals surface area contributed by atoms with Crippen molar-refractivity contribution >= 4 is 27.6 Å². The summed E-state index contributed by atoms with van der Waals surface area (Å²) < 4.78 is 31.8. The van der Waals surface area contributed by atoms with Gasteiger partial charge < -0.3 is 20.1 Å². The van der Waals surface area contributed by atoms with Crippen LogP contribution in [0.15, 0.2) is 34.4 Å². The highest BCUT2D eigenvalue weighted by atomic mass is 32.2. The largest absolute Gasteiger partial charge is 0.466 e. The molecule has 1 aliphatic rings. The lowest BCUT2D eigenvalue weighted by Gasteiger charge is -2.20. The number of nitrogens with zero attached hydrogens (tertiary/aromatic N) is 2. The quantitative estimate of drug-likeness (QED) is 0.560. The van der Waals surface area contributed by atoms with Gasteiger partial charge in [-0.2, -0.15) is 4.31 Å². The van der Waals surface area contributed by atoms with Gasteiger partial charge in [0.1, 0.15) is 5.70 Å². The molecule has 1 amide bonds. The lowest BCUT2D eigenvalue weighted by Crippen LogP contribution is -2.31. The number of benzene rings is 1. The SMILES string of the molecule is CCN(CC)S(=O)(=O)c1ccc(C)c(NC2=C(C(=O)OC)CN(CCO)C2=O)c1. The average molecular weight is 426 g/mol. The monoisotopic (exact) mass is 425 g/mol. The van der Waals surface area contributed by atoms with Gasteiger partial charge >= 0.3 is 5.97 Å². The van der Waals surface area contributed by atoms with Crippen LogP contribution >= 0.6 is 0 Å². The lowest BCUT2D eigenvalue weighted by molar-refractivity contribution is -0.136. The molecule has 0 saturated heterocycles. The van der Waals surface area contributed by atoms with Gasteiger partial charge in [-0.3, -0.25) is 4.79 Å². The van der Waals surface area contributed by atoms with Gasteiger partial charge in [-0.05, 0) is 24.6 Å². The molecule has 2 rings (SSSR count). The minimum absolute atomic E-state index is 0.00485. The number of β-amino-alcohol motifs (C(OH)–C–C–N with tert-alkyl or cyclic N) is 1. The lowest BCUT2D eigenvalue weighted by atomic mass is 10.1. The minimum atomic E-state index is -3.68. The van der Waals surface area contributed by atoms with Gasteiger partial charge in [0.2, 0.25) is 10.0 Å². The van der Waals surface area contributed by atoms with E-state index in [9.17, 15) is 18.0 Å². The van der Waals surface area contributed by atoms with E-state index in [1.165, 1.54) is 28.4 Å². The summed E-state index contributed by atoms with van der Waals surface area (Å²) in [7, 11) is -2.47. The van der Waals surface area contributed by atoms with Crippen molar-refractivity contribution in [3.63, 3.8) is 0 Å². The van der Waals surface area contributed by atoms with Crippen LogP contribution in [0.5, 0.6) is 0 Å². The van der Waals surface area contributed by atoms with Crippen molar-refractivity contribution in [3.8, 4) is 0 Å². The van der Waals surface area contributed by atoms with Crippen molar-refractivity contribution in [3.05, 3.63) is 35.0 Å². The molecule has 0 radical (unpaired) electrons. The van der Waals surface area contributed by atoms with E-state index in [0.29, 0.717) is 24.3 Å². The Morgan fingerprint density at radius 1 is 1.31 bits per heavy atom. The molecule has 1 aromatic rings. The Morgan fingerprint density at radius 2 is 1.97 bits per heavy atom. The fourth-order valence-electron chi connectivity index (χ4n) is 3.09. The molecule has 0 bridgehead atoms. The zero-order chi connectivity index (χ0) is 21.8. The number of methoxy groups -OCH3 is 1. The molecule has 0 atom stereocenters. The van der Waals surface area contributed by atoms with E-state index < -0.39 is 21.9 Å². The molecule has 0 fully saturated rings. The molecule has 9 nitrogen and oxygen atoms in total. The fraction of sp³-hybridized carbons (Fsp3) is 0.474. The predicted octanol–water partition coefficient (Wildman–Crippen LogP) is 0.699. The van der Waals surface area contributed by atoms with Crippen LogP contribution in [0.4, 0.5) is 5.69 Å². The summed E-state index contributed by atoms with van der Waals surface area (Å²) in [5, 5.41) is 12.1. The van der Waals surface area contributed by atoms with Crippen molar-refractivity contribution < 1.29 is 27.9 Å². The third-order valence-corrected chi connectivity index (χ3v) is 6.81. The molecule has 0 spiro atoms. The number of nitrogens with one attached hydrogen (secondary N) is 1. The van der Waals surface area contributed by atoms with Crippen LogP contribution < -0.4 is 5.32 Å². The molecule has 10 heteroatoms. The number of carbonyl (C=O) groups excluding carboxylic acids is 2. The number of aliphatic hydroxyl groups excluding tert-OH is 1. The second kappa shape index (κ2) is 9.38. The molecule has 2 N–H and O–H groups in total. The summed E-state index contributed by atoms with van der Waals surface area (Å²) in [5.74, 6) is -1.12. The van der Waals surface area contributed by atoms with Crippen LogP contribution in [-0.4, -0.2) is 74.5 Å². The van der Waals surface area contributed by atoms with Gasteiger partial charge in [0.05, 0.1) is 30.7 Å². The topological polar surface area (TPSA) is 116 Å². The molecule has 1 aliphatic heterocycles. The molecule has 0 saturated carbocycles. The second-order valence-corrected chi connectivity index (χ2v) is 8.42. The van der Waals surface area contributed by atoms with Gasteiger partial charge in [0, 0.05) is 25.3 Å². The number of carbonyl (C=O) groups is 2. The molecule has 160 valence electrons. The Bertz CT molecular complexity index is 922. The van der Waals surface area contributed by atoms with E-state index >= 15 is 0 Å². The van der Waals surface area contributed by atoms with Crippen molar-refractivity contribution in [1.82, 2.24) is 9.21 Å². The molecular formula is C19H27N3O6S. The molecule has 29 heavy (non-hydrogen) atoms. The zero-order valence-corrected chi connectivity index (χ0v) is 17.9. The van der Waals surface area contributed by atoms with Crippen LogP contribution in [0.25, 0.3) is 0 Å². The van der Waals surface area contributed by atoms with E-state index in [2.05, 4.69) is 5.32 Å². The standard InChI is InChI=1S/C19H27N3O6S/c1-5-22(6-2)29(26,27)14-8-7-13(3)16(11-14)20-17-15(19(25)28-4)12-21(9-10-23)18(17)24/h7-8,11,20,23H,5-6,9-10,12H2,1-4H3. The summed E-state index contributed by atoms with van der Waals surface area (Å²) in [6.45, 7) is 5.78. The normalized spacial score (nSPS) is 14.7. The number of anilines is 1. The summed E-state index contributed by atoms with van der Waals surface area (Å²) in [4.78, 5) is 26.2. The summed E-state index contributed by atoms with van der Waals surface area (Å²) in [5.41, 5.74) is 1.25. The molecule has 1 heterocycles. The number of hydrogen-bond donors (Lipinski definition) is 2.